The predicted molar refractivity (Wildman–Crippen MR) is 112 cm³/mol. The Morgan fingerprint density at radius 1 is 1.14 bits per heavy atom. The molecule has 29 heavy (non-hydrogen) atoms. The molecule has 1 unspecified atom stereocenters. The summed E-state index contributed by atoms with van der Waals surface area (Å²) >= 11 is 5.88. The number of hydrogen-bond acceptors (Lipinski definition) is 4. The van der Waals surface area contributed by atoms with Crippen LogP contribution in [0.3, 0.4) is 0 Å². The van der Waals surface area contributed by atoms with Crippen LogP contribution in [0, 0.1) is 5.92 Å². The van der Waals surface area contributed by atoms with E-state index in [0.717, 1.165) is 5.56 Å². The van der Waals surface area contributed by atoms with Crippen molar-refractivity contribution in [3.05, 3.63) is 64.7 Å². The highest BCUT2D eigenvalue weighted by atomic mass is 35.5. The van der Waals surface area contributed by atoms with E-state index < -0.39 is 17.9 Å². The zero-order valence-electron chi connectivity index (χ0n) is 16.5. The molecular formula is C22H24ClNO5. The fourth-order valence-electron chi connectivity index (χ4n) is 2.54. The van der Waals surface area contributed by atoms with Gasteiger partial charge in [-0.05, 0) is 47.4 Å². The van der Waals surface area contributed by atoms with Crippen molar-refractivity contribution in [2.75, 3.05) is 7.11 Å². The smallest absolute Gasteiger partial charge is 0.326 e. The van der Waals surface area contributed by atoms with Crippen molar-refractivity contribution in [1.82, 2.24) is 5.32 Å². The van der Waals surface area contributed by atoms with Gasteiger partial charge in [0.2, 0.25) is 5.91 Å². The van der Waals surface area contributed by atoms with Crippen LogP contribution in [0.4, 0.5) is 0 Å². The molecule has 2 N–H and O–H groups in total. The summed E-state index contributed by atoms with van der Waals surface area (Å²) in [5.41, 5.74) is 1.68. The minimum Gasteiger partial charge on any atom is -0.493 e. The maximum atomic E-state index is 12.0. The van der Waals surface area contributed by atoms with Gasteiger partial charge in [-0.25, -0.2) is 4.79 Å². The second-order valence-corrected chi connectivity index (χ2v) is 7.16. The topological polar surface area (TPSA) is 84.9 Å². The van der Waals surface area contributed by atoms with Crippen LogP contribution in [0.2, 0.25) is 5.02 Å². The summed E-state index contributed by atoms with van der Waals surface area (Å²) in [4.78, 5) is 23.2. The molecule has 0 bridgehead atoms. The van der Waals surface area contributed by atoms with Gasteiger partial charge in [0.05, 0.1) is 7.11 Å². The molecule has 2 aromatic rings. The minimum atomic E-state index is -1.06. The van der Waals surface area contributed by atoms with Gasteiger partial charge in [-0.15, -0.1) is 0 Å². The molecule has 1 atom stereocenters. The van der Waals surface area contributed by atoms with E-state index in [4.69, 9.17) is 26.2 Å². The van der Waals surface area contributed by atoms with Crippen molar-refractivity contribution >= 4 is 29.6 Å². The van der Waals surface area contributed by atoms with Crippen LogP contribution < -0.4 is 14.8 Å². The van der Waals surface area contributed by atoms with E-state index in [1.165, 1.54) is 13.2 Å². The number of carbonyl (C=O) groups is 2. The first-order valence-corrected chi connectivity index (χ1v) is 9.44. The van der Waals surface area contributed by atoms with Crippen LogP contribution in [0.15, 0.2) is 48.5 Å². The Morgan fingerprint density at radius 3 is 2.41 bits per heavy atom. The van der Waals surface area contributed by atoms with E-state index in [-0.39, 0.29) is 5.92 Å². The number of benzene rings is 2. The molecule has 7 heteroatoms. The number of carboxylic acids is 1. The maximum Gasteiger partial charge on any atom is 0.326 e. The molecule has 0 aromatic heterocycles. The first-order valence-electron chi connectivity index (χ1n) is 9.07. The number of nitrogens with one attached hydrogen (secondary N) is 1. The molecule has 154 valence electrons. The van der Waals surface area contributed by atoms with Gasteiger partial charge in [0, 0.05) is 11.1 Å². The van der Waals surface area contributed by atoms with Crippen LogP contribution in [0.25, 0.3) is 6.08 Å². The van der Waals surface area contributed by atoms with E-state index in [1.807, 2.05) is 12.1 Å². The van der Waals surface area contributed by atoms with Gasteiger partial charge in [-0.1, -0.05) is 43.6 Å². The number of carboxylic acid groups (broad SMARTS) is 1. The van der Waals surface area contributed by atoms with Crippen LogP contribution in [0.5, 0.6) is 11.5 Å². The Kier molecular flexibility index (Phi) is 8.09. The maximum absolute atomic E-state index is 12.0. The molecule has 0 saturated carbocycles. The first kappa shape index (κ1) is 22.3. The standard InChI is InChI=1S/C22H24ClNO5/c1-14(2)21(22(26)27)24-20(25)11-7-15-6-10-18(19(12-15)28-3)29-13-16-4-8-17(23)9-5-16/h4-12,14,21H,13H2,1-3H3,(H,24,25)(H,26,27)/b11-7+. The van der Waals surface area contributed by atoms with Crippen LogP contribution in [-0.2, 0) is 16.2 Å². The van der Waals surface area contributed by atoms with Gasteiger partial charge in [0.15, 0.2) is 11.5 Å². The number of rotatable bonds is 9. The van der Waals surface area contributed by atoms with Crippen molar-refractivity contribution in [3.63, 3.8) is 0 Å². The normalized spacial score (nSPS) is 12.0. The molecule has 0 aliphatic heterocycles. The van der Waals surface area contributed by atoms with Crippen molar-refractivity contribution in [3.8, 4) is 11.5 Å². The van der Waals surface area contributed by atoms with Crippen LogP contribution >= 0.6 is 11.6 Å². The molecule has 0 fully saturated rings. The minimum absolute atomic E-state index is 0.220. The van der Waals surface area contributed by atoms with Crippen molar-refractivity contribution < 1.29 is 24.2 Å². The van der Waals surface area contributed by atoms with Gasteiger partial charge in [0.25, 0.3) is 0 Å². The summed E-state index contributed by atoms with van der Waals surface area (Å²) in [6, 6.07) is 11.7. The Morgan fingerprint density at radius 2 is 1.83 bits per heavy atom. The SMILES string of the molecule is COc1cc(/C=C/C(=O)NC(C(=O)O)C(C)C)ccc1OCc1ccc(Cl)cc1. The zero-order chi connectivity index (χ0) is 21.4. The van der Waals surface area contributed by atoms with Crippen molar-refractivity contribution in [2.24, 2.45) is 5.92 Å². The van der Waals surface area contributed by atoms with Crippen LogP contribution in [-0.4, -0.2) is 30.1 Å². The molecule has 2 rings (SSSR count). The third-order valence-electron chi connectivity index (χ3n) is 4.15. The number of aliphatic carboxylic acids is 1. The molecule has 0 aliphatic rings. The largest absolute Gasteiger partial charge is 0.493 e. The van der Waals surface area contributed by atoms with Crippen molar-refractivity contribution in [1.29, 1.82) is 0 Å². The van der Waals surface area contributed by atoms with Gasteiger partial charge >= 0.3 is 5.97 Å². The molecule has 1 amide bonds. The lowest BCUT2D eigenvalue weighted by Gasteiger charge is -2.16. The van der Waals surface area contributed by atoms with E-state index in [1.54, 1.807) is 50.3 Å². The Labute approximate surface area is 175 Å². The monoisotopic (exact) mass is 417 g/mol. The van der Waals surface area contributed by atoms with E-state index in [2.05, 4.69) is 5.32 Å². The van der Waals surface area contributed by atoms with E-state index in [0.29, 0.717) is 28.7 Å². The fraction of sp³-hybridized carbons (Fsp3) is 0.273. The van der Waals surface area contributed by atoms with Crippen LogP contribution in [0.1, 0.15) is 25.0 Å². The molecule has 0 aliphatic carbocycles. The summed E-state index contributed by atoms with van der Waals surface area (Å²) in [5.74, 6) is -0.678. The number of hydrogen-bond donors (Lipinski definition) is 2. The molecular weight excluding hydrogens is 394 g/mol. The van der Waals surface area contributed by atoms with Gasteiger partial charge in [0.1, 0.15) is 12.6 Å². The molecule has 0 spiro atoms. The molecule has 2 aromatic carbocycles. The Bertz CT molecular complexity index is 877. The zero-order valence-corrected chi connectivity index (χ0v) is 17.3. The quantitative estimate of drug-likeness (QED) is 0.598. The highest BCUT2D eigenvalue weighted by Gasteiger charge is 2.22. The Hall–Kier alpha value is -2.99. The lowest BCUT2D eigenvalue weighted by Crippen LogP contribution is -2.43. The number of carbonyl (C=O) groups excluding carboxylic acids is 1. The van der Waals surface area contributed by atoms with Crippen molar-refractivity contribution in [2.45, 2.75) is 26.5 Å². The van der Waals surface area contributed by atoms with Gasteiger partial charge in [-0.3, -0.25) is 4.79 Å². The van der Waals surface area contributed by atoms with E-state index in [9.17, 15) is 9.59 Å². The van der Waals surface area contributed by atoms with Gasteiger partial charge in [-0.2, -0.15) is 0 Å². The summed E-state index contributed by atoms with van der Waals surface area (Å²) in [7, 11) is 1.53. The highest BCUT2D eigenvalue weighted by Crippen LogP contribution is 2.29. The number of methoxy groups -OCH3 is 1. The van der Waals surface area contributed by atoms with Gasteiger partial charge < -0.3 is 19.9 Å². The average molecular weight is 418 g/mol. The highest BCUT2D eigenvalue weighted by molar-refractivity contribution is 6.30. The summed E-state index contributed by atoms with van der Waals surface area (Å²) in [6.45, 7) is 3.82. The lowest BCUT2D eigenvalue weighted by atomic mass is 10.0. The number of ether oxygens (including phenoxy) is 2. The van der Waals surface area contributed by atoms with E-state index >= 15 is 0 Å². The summed E-state index contributed by atoms with van der Waals surface area (Å²) < 4.78 is 11.2. The average Bonchev–Trinajstić information content (AvgIpc) is 2.69. The summed E-state index contributed by atoms with van der Waals surface area (Å²) in [6.07, 6.45) is 2.88. The third-order valence-corrected chi connectivity index (χ3v) is 4.40. The molecule has 0 radical (unpaired) electrons. The second-order valence-electron chi connectivity index (χ2n) is 6.73. The second kappa shape index (κ2) is 10.5. The number of amides is 1. The third kappa shape index (κ3) is 6.84. The number of halogens is 1. The fourth-order valence-corrected chi connectivity index (χ4v) is 2.66. The lowest BCUT2D eigenvalue weighted by molar-refractivity contribution is -0.142. The molecule has 6 nitrogen and oxygen atoms in total. The molecule has 0 heterocycles. The first-order chi connectivity index (χ1) is 13.8. The predicted octanol–water partition coefficient (Wildman–Crippen LogP) is 4.17. The molecule has 0 saturated heterocycles. The summed E-state index contributed by atoms with van der Waals surface area (Å²) in [5, 5.41) is 12.3. The Balaban J connectivity index is 2.03.